The maximum absolute atomic E-state index is 13.9. The van der Waals surface area contributed by atoms with Crippen molar-refractivity contribution in [2.45, 2.75) is 48.9 Å². The Labute approximate surface area is 226 Å². The zero-order chi connectivity index (χ0) is 26.5. The second-order valence-corrected chi connectivity index (χ2v) is 10.6. The number of nitrogens with zero attached hydrogens (tertiary/aromatic N) is 3. The van der Waals surface area contributed by atoms with Gasteiger partial charge in [-0.1, -0.05) is 31.7 Å². The fourth-order valence-electron chi connectivity index (χ4n) is 4.27. The quantitative estimate of drug-likeness (QED) is 0.242. The highest BCUT2D eigenvalue weighted by molar-refractivity contribution is 7.99. The lowest BCUT2D eigenvalue weighted by molar-refractivity contribution is 0.0947. The van der Waals surface area contributed by atoms with Crippen LogP contribution >= 0.6 is 11.8 Å². The fourth-order valence-corrected chi connectivity index (χ4v) is 5.24. The molecule has 0 spiro atoms. The first-order chi connectivity index (χ1) is 18.5. The van der Waals surface area contributed by atoms with Crippen LogP contribution in [0.2, 0.25) is 0 Å². The van der Waals surface area contributed by atoms with E-state index in [1.165, 1.54) is 29.5 Å². The van der Waals surface area contributed by atoms with Gasteiger partial charge in [0.2, 0.25) is 0 Å². The molecule has 2 heterocycles. The van der Waals surface area contributed by atoms with Gasteiger partial charge < -0.3 is 10.2 Å². The SMILES string of the molecule is CCN(CC)CCc1ccc(/C=C/c2n[nH]c3cc(Sc4ccc(F)cc4C(=O)NC4CC4)ccc23)nc1. The van der Waals surface area contributed by atoms with Crippen molar-refractivity contribution in [2.24, 2.45) is 0 Å². The van der Waals surface area contributed by atoms with E-state index in [2.05, 4.69) is 45.3 Å². The van der Waals surface area contributed by atoms with E-state index >= 15 is 0 Å². The van der Waals surface area contributed by atoms with Crippen LogP contribution in [0.1, 0.15) is 54.0 Å². The summed E-state index contributed by atoms with van der Waals surface area (Å²) < 4.78 is 13.9. The van der Waals surface area contributed by atoms with Crippen LogP contribution in [0.4, 0.5) is 4.39 Å². The number of aromatic nitrogens is 3. The zero-order valence-electron chi connectivity index (χ0n) is 21.7. The van der Waals surface area contributed by atoms with Crippen LogP contribution < -0.4 is 5.32 Å². The molecule has 0 bridgehead atoms. The Balaban J connectivity index is 1.27. The lowest BCUT2D eigenvalue weighted by atomic mass is 10.1. The molecule has 1 aliphatic carbocycles. The third-order valence-electron chi connectivity index (χ3n) is 6.76. The largest absolute Gasteiger partial charge is 0.349 e. The number of hydrogen-bond donors (Lipinski definition) is 2. The Morgan fingerprint density at radius 3 is 2.71 bits per heavy atom. The van der Waals surface area contributed by atoms with Crippen LogP contribution in [0.15, 0.2) is 64.5 Å². The van der Waals surface area contributed by atoms with Crippen LogP contribution in [-0.2, 0) is 6.42 Å². The number of H-pyrrole nitrogens is 1. The summed E-state index contributed by atoms with van der Waals surface area (Å²) in [4.78, 5) is 21.3. The molecule has 4 aromatic rings. The first kappa shape index (κ1) is 26.1. The van der Waals surface area contributed by atoms with Gasteiger partial charge in [0.25, 0.3) is 5.91 Å². The van der Waals surface area contributed by atoms with Gasteiger partial charge in [0.05, 0.1) is 22.5 Å². The second-order valence-electron chi connectivity index (χ2n) is 9.51. The average molecular weight is 530 g/mol. The molecule has 6 nitrogen and oxygen atoms in total. The van der Waals surface area contributed by atoms with E-state index in [1.807, 2.05) is 42.6 Å². The summed E-state index contributed by atoms with van der Waals surface area (Å²) in [5.74, 6) is -0.644. The lowest BCUT2D eigenvalue weighted by Gasteiger charge is -2.17. The van der Waals surface area contributed by atoms with Gasteiger partial charge in [0.15, 0.2) is 0 Å². The number of hydrogen-bond acceptors (Lipinski definition) is 5. The molecule has 5 rings (SSSR count). The van der Waals surface area contributed by atoms with Crippen molar-refractivity contribution in [1.82, 2.24) is 25.4 Å². The fraction of sp³-hybridized carbons (Fsp3) is 0.300. The molecule has 2 N–H and O–H groups in total. The molecule has 1 amide bonds. The number of amides is 1. The number of carbonyl (C=O) groups is 1. The predicted molar refractivity (Wildman–Crippen MR) is 152 cm³/mol. The molecule has 0 unspecified atom stereocenters. The van der Waals surface area contributed by atoms with Crippen LogP contribution in [0.3, 0.4) is 0 Å². The average Bonchev–Trinajstić information content (AvgIpc) is 3.66. The minimum atomic E-state index is -0.417. The van der Waals surface area contributed by atoms with Crippen molar-refractivity contribution in [2.75, 3.05) is 19.6 Å². The summed E-state index contributed by atoms with van der Waals surface area (Å²) >= 11 is 1.44. The second kappa shape index (κ2) is 11.9. The summed E-state index contributed by atoms with van der Waals surface area (Å²) in [5.41, 5.74) is 4.20. The molecule has 0 saturated heterocycles. The van der Waals surface area contributed by atoms with Gasteiger partial charge in [0, 0.05) is 34.0 Å². The van der Waals surface area contributed by atoms with Crippen molar-refractivity contribution in [3.63, 3.8) is 0 Å². The van der Waals surface area contributed by atoms with Crippen LogP contribution in [0, 0.1) is 5.82 Å². The lowest BCUT2D eigenvalue weighted by Crippen LogP contribution is -2.26. The first-order valence-electron chi connectivity index (χ1n) is 13.1. The first-order valence-corrected chi connectivity index (χ1v) is 14.0. The highest BCUT2D eigenvalue weighted by atomic mass is 32.2. The standard InChI is InChI=1S/C30H32FN5OS/c1-3-36(4-2)16-15-20-5-7-22(32-19-20)10-13-27-25-12-11-24(18-28(25)35-34-27)38-29-14-6-21(31)17-26(29)30(37)33-23-8-9-23/h5-7,10-14,17-19,23H,3-4,8-9,15-16H2,1-2H3,(H,33,37)(H,34,35)/b13-10+. The maximum Gasteiger partial charge on any atom is 0.252 e. The normalized spacial score (nSPS) is 13.6. The highest BCUT2D eigenvalue weighted by Gasteiger charge is 2.25. The summed E-state index contributed by atoms with van der Waals surface area (Å²) in [6, 6.07) is 14.8. The molecule has 0 radical (unpaired) electrons. The van der Waals surface area contributed by atoms with Gasteiger partial charge in [-0.3, -0.25) is 14.9 Å². The summed E-state index contributed by atoms with van der Waals surface area (Å²) in [5, 5.41) is 11.5. The molecule has 38 heavy (non-hydrogen) atoms. The van der Waals surface area contributed by atoms with E-state index < -0.39 is 5.82 Å². The summed E-state index contributed by atoms with van der Waals surface area (Å²) in [7, 11) is 0. The Hall–Kier alpha value is -3.49. The van der Waals surface area contributed by atoms with E-state index in [-0.39, 0.29) is 11.9 Å². The number of likely N-dealkylation sites (N-methyl/N-ethyl adjacent to an activating group) is 1. The van der Waals surface area contributed by atoms with Gasteiger partial charge in [-0.2, -0.15) is 5.10 Å². The molecule has 1 aliphatic rings. The molecule has 2 aromatic heterocycles. The molecule has 0 atom stereocenters. The molecular weight excluding hydrogens is 497 g/mol. The van der Waals surface area contributed by atoms with Gasteiger partial charge in [-0.25, -0.2) is 4.39 Å². The third-order valence-corrected chi connectivity index (χ3v) is 7.83. The Morgan fingerprint density at radius 2 is 1.97 bits per heavy atom. The van der Waals surface area contributed by atoms with E-state index in [1.54, 1.807) is 6.07 Å². The van der Waals surface area contributed by atoms with E-state index in [0.717, 1.165) is 71.0 Å². The summed E-state index contributed by atoms with van der Waals surface area (Å²) in [6.07, 6.45) is 8.83. The number of fused-ring (bicyclic) bond motifs is 1. The number of carbonyl (C=O) groups excluding carboxylic acids is 1. The Kier molecular flexibility index (Phi) is 8.20. The van der Waals surface area contributed by atoms with Gasteiger partial charge >= 0.3 is 0 Å². The molecule has 1 fully saturated rings. The van der Waals surface area contributed by atoms with Crippen molar-refractivity contribution < 1.29 is 9.18 Å². The van der Waals surface area contributed by atoms with Crippen LogP contribution in [0.5, 0.6) is 0 Å². The molecule has 1 saturated carbocycles. The number of halogens is 1. The number of benzene rings is 2. The monoisotopic (exact) mass is 529 g/mol. The molecule has 2 aromatic carbocycles. The van der Waals surface area contributed by atoms with Gasteiger partial charge in [-0.15, -0.1) is 0 Å². The van der Waals surface area contributed by atoms with Crippen molar-refractivity contribution in [3.05, 3.63) is 83.1 Å². The highest BCUT2D eigenvalue weighted by Crippen LogP contribution is 2.34. The number of rotatable bonds is 11. The molecule has 0 aliphatic heterocycles. The van der Waals surface area contributed by atoms with Crippen LogP contribution in [0.25, 0.3) is 23.1 Å². The third kappa shape index (κ3) is 6.49. The minimum Gasteiger partial charge on any atom is -0.349 e. The maximum atomic E-state index is 13.9. The summed E-state index contributed by atoms with van der Waals surface area (Å²) in [6.45, 7) is 7.54. The van der Waals surface area contributed by atoms with E-state index in [0.29, 0.717) is 5.56 Å². The van der Waals surface area contributed by atoms with Gasteiger partial charge in [-0.05, 0) is 92.5 Å². The van der Waals surface area contributed by atoms with Crippen LogP contribution in [-0.4, -0.2) is 51.7 Å². The molecule has 196 valence electrons. The van der Waals surface area contributed by atoms with Crippen molar-refractivity contribution in [3.8, 4) is 0 Å². The van der Waals surface area contributed by atoms with Crippen molar-refractivity contribution in [1.29, 1.82) is 0 Å². The smallest absolute Gasteiger partial charge is 0.252 e. The number of pyridine rings is 1. The Morgan fingerprint density at radius 1 is 1.13 bits per heavy atom. The van der Waals surface area contributed by atoms with E-state index in [4.69, 9.17) is 0 Å². The topological polar surface area (TPSA) is 73.9 Å². The molecule has 8 heteroatoms. The van der Waals surface area contributed by atoms with Gasteiger partial charge in [0.1, 0.15) is 5.82 Å². The number of nitrogens with one attached hydrogen (secondary N) is 2. The predicted octanol–water partition coefficient (Wildman–Crippen LogP) is 6.20. The zero-order valence-corrected chi connectivity index (χ0v) is 22.5. The van der Waals surface area contributed by atoms with E-state index in [9.17, 15) is 9.18 Å². The number of aromatic amines is 1. The Bertz CT molecular complexity index is 1440. The minimum absolute atomic E-state index is 0.210. The van der Waals surface area contributed by atoms with Crippen molar-refractivity contribution >= 4 is 40.7 Å². The molecular formula is C30H32FN5OS.